The van der Waals surface area contributed by atoms with Crippen LogP contribution in [-0.2, 0) is 0 Å². The number of hydrogen-bond acceptors (Lipinski definition) is 3. The first-order valence-corrected chi connectivity index (χ1v) is 4.44. The van der Waals surface area contributed by atoms with Crippen molar-refractivity contribution >= 4 is 21.6 Å². The highest BCUT2D eigenvalue weighted by Crippen LogP contribution is 2.25. The van der Waals surface area contributed by atoms with Crippen LogP contribution in [-0.4, -0.2) is 4.98 Å². The lowest BCUT2D eigenvalue weighted by Gasteiger charge is -1.90. The molecule has 12 heavy (non-hydrogen) atoms. The van der Waals surface area contributed by atoms with Crippen molar-refractivity contribution in [2.24, 2.45) is 0 Å². The molecule has 0 amide bonds. The molecule has 0 bridgehead atoms. The lowest BCUT2D eigenvalue weighted by atomic mass is 10.2. The summed E-state index contributed by atoms with van der Waals surface area (Å²) in [6.07, 6.45) is 1.68. The highest BCUT2D eigenvalue weighted by atomic mass is 32.1. The Morgan fingerprint density at radius 2 is 2.42 bits per heavy atom. The third kappa shape index (κ3) is 0.892. The lowest BCUT2D eigenvalue weighted by molar-refractivity contribution is 1.38. The Morgan fingerprint density at radius 1 is 1.58 bits per heavy atom. The largest absolute Gasteiger partial charge is 0.255 e. The summed E-state index contributed by atoms with van der Waals surface area (Å²) >= 11 is 1.58. The number of nitriles is 1. The second-order valence-corrected chi connectivity index (χ2v) is 3.45. The van der Waals surface area contributed by atoms with Crippen molar-refractivity contribution in [3.8, 4) is 6.07 Å². The third-order valence-electron chi connectivity index (χ3n) is 1.75. The van der Waals surface area contributed by atoms with Crippen molar-refractivity contribution < 1.29 is 0 Å². The molecule has 3 heteroatoms. The van der Waals surface area contributed by atoms with Gasteiger partial charge in [-0.2, -0.15) is 5.26 Å². The molecule has 0 aliphatic carbocycles. The fourth-order valence-corrected chi connectivity index (χ4v) is 2.11. The summed E-state index contributed by atoms with van der Waals surface area (Å²) < 4.78 is 0.998. The van der Waals surface area contributed by atoms with E-state index in [1.54, 1.807) is 23.6 Å². The van der Waals surface area contributed by atoms with E-state index in [-0.39, 0.29) is 0 Å². The SMILES string of the molecule is Cc1csc2c(C#N)ccnc12. The van der Waals surface area contributed by atoms with Crippen LogP contribution in [0.5, 0.6) is 0 Å². The predicted molar refractivity (Wildman–Crippen MR) is 49.1 cm³/mol. The maximum Gasteiger partial charge on any atom is 0.101 e. The molecule has 0 fully saturated rings. The van der Waals surface area contributed by atoms with E-state index in [9.17, 15) is 0 Å². The molecule has 2 rings (SSSR count). The molecule has 2 nitrogen and oxygen atoms in total. The zero-order valence-corrected chi connectivity index (χ0v) is 7.35. The molecule has 0 saturated carbocycles. The molecule has 0 saturated heterocycles. The van der Waals surface area contributed by atoms with Crippen LogP contribution >= 0.6 is 11.3 Å². The smallest absolute Gasteiger partial charge is 0.101 e. The number of rotatable bonds is 0. The van der Waals surface area contributed by atoms with Crippen LogP contribution in [0.15, 0.2) is 17.6 Å². The molecule has 0 N–H and O–H groups in total. The van der Waals surface area contributed by atoms with E-state index in [1.807, 2.05) is 12.3 Å². The maximum absolute atomic E-state index is 8.77. The molecular weight excluding hydrogens is 168 g/mol. The van der Waals surface area contributed by atoms with Gasteiger partial charge < -0.3 is 0 Å². The number of thiophene rings is 1. The average molecular weight is 174 g/mol. The van der Waals surface area contributed by atoms with Crippen LogP contribution in [0.1, 0.15) is 11.1 Å². The van der Waals surface area contributed by atoms with Gasteiger partial charge in [-0.15, -0.1) is 11.3 Å². The van der Waals surface area contributed by atoms with Gasteiger partial charge in [0.15, 0.2) is 0 Å². The fourth-order valence-electron chi connectivity index (χ4n) is 1.14. The highest BCUT2D eigenvalue weighted by Gasteiger charge is 2.04. The van der Waals surface area contributed by atoms with Gasteiger partial charge >= 0.3 is 0 Å². The Balaban J connectivity index is 2.92. The van der Waals surface area contributed by atoms with Crippen molar-refractivity contribution in [3.63, 3.8) is 0 Å². The highest BCUT2D eigenvalue weighted by molar-refractivity contribution is 7.17. The molecule has 0 aromatic carbocycles. The van der Waals surface area contributed by atoms with E-state index in [4.69, 9.17) is 5.26 Å². The Hall–Kier alpha value is -1.40. The van der Waals surface area contributed by atoms with Crippen LogP contribution in [0.25, 0.3) is 10.2 Å². The van der Waals surface area contributed by atoms with Gasteiger partial charge in [-0.3, -0.25) is 4.98 Å². The zero-order valence-electron chi connectivity index (χ0n) is 6.53. The Labute approximate surface area is 74.1 Å². The van der Waals surface area contributed by atoms with E-state index in [1.165, 1.54) is 0 Å². The number of aryl methyl sites for hydroxylation is 1. The van der Waals surface area contributed by atoms with Gasteiger partial charge in [0.05, 0.1) is 15.8 Å². The minimum Gasteiger partial charge on any atom is -0.255 e. The number of pyridine rings is 1. The van der Waals surface area contributed by atoms with E-state index >= 15 is 0 Å². The Morgan fingerprint density at radius 3 is 3.17 bits per heavy atom. The summed E-state index contributed by atoms with van der Waals surface area (Å²) in [5.41, 5.74) is 2.82. The van der Waals surface area contributed by atoms with Crippen molar-refractivity contribution in [1.82, 2.24) is 4.98 Å². The average Bonchev–Trinajstić information content (AvgIpc) is 2.48. The Bertz CT molecular complexity index is 465. The Kier molecular flexibility index (Phi) is 1.56. The van der Waals surface area contributed by atoms with Gasteiger partial charge in [0.25, 0.3) is 0 Å². The van der Waals surface area contributed by atoms with Crippen molar-refractivity contribution in [1.29, 1.82) is 5.26 Å². The maximum atomic E-state index is 8.77. The van der Waals surface area contributed by atoms with Gasteiger partial charge in [0.1, 0.15) is 6.07 Å². The molecule has 0 aliphatic rings. The first kappa shape index (κ1) is 7.26. The van der Waals surface area contributed by atoms with Crippen molar-refractivity contribution in [2.75, 3.05) is 0 Å². The molecular formula is C9H6N2S. The standard InChI is InChI=1S/C9H6N2S/c1-6-5-12-9-7(4-10)2-3-11-8(6)9/h2-3,5H,1H3. The van der Waals surface area contributed by atoms with E-state index < -0.39 is 0 Å². The fraction of sp³-hybridized carbons (Fsp3) is 0.111. The number of aromatic nitrogens is 1. The molecule has 0 radical (unpaired) electrons. The number of fused-ring (bicyclic) bond motifs is 1. The summed E-state index contributed by atoms with van der Waals surface area (Å²) in [5.74, 6) is 0. The van der Waals surface area contributed by atoms with Crippen molar-refractivity contribution in [3.05, 3.63) is 28.8 Å². The third-order valence-corrected chi connectivity index (χ3v) is 2.87. The summed E-state index contributed by atoms with van der Waals surface area (Å²) in [6.45, 7) is 2.01. The second-order valence-electron chi connectivity index (χ2n) is 2.57. The first-order valence-electron chi connectivity index (χ1n) is 3.56. The molecule has 0 unspecified atom stereocenters. The quantitative estimate of drug-likeness (QED) is 0.615. The summed E-state index contributed by atoms with van der Waals surface area (Å²) in [6, 6.07) is 3.90. The van der Waals surface area contributed by atoms with Crippen LogP contribution in [0, 0.1) is 18.3 Å². The summed E-state index contributed by atoms with van der Waals surface area (Å²) in [5, 5.41) is 10.8. The lowest BCUT2D eigenvalue weighted by Crippen LogP contribution is -1.78. The minimum absolute atomic E-state index is 0.720. The molecule has 0 atom stereocenters. The molecule has 58 valence electrons. The van der Waals surface area contributed by atoms with Gasteiger partial charge in [-0.1, -0.05) is 0 Å². The van der Waals surface area contributed by atoms with Crippen LogP contribution < -0.4 is 0 Å². The minimum atomic E-state index is 0.720. The normalized spacial score (nSPS) is 10.0. The number of nitrogens with zero attached hydrogens (tertiary/aromatic N) is 2. The molecule has 2 heterocycles. The van der Waals surface area contributed by atoms with Gasteiger partial charge in [0.2, 0.25) is 0 Å². The van der Waals surface area contributed by atoms with Crippen LogP contribution in [0.2, 0.25) is 0 Å². The van der Waals surface area contributed by atoms with Gasteiger partial charge in [0, 0.05) is 6.20 Å². The van der Waals surface area contributed by atoms with Crippen LogP contribution in [0.3, 0.4) is 0 Å². The number of hydrogen-bond donors (Lipinski definition) is 0. The molecule has 0 aliphatic heterocycles. The van der Waals surface area contributed by atoms with Gasteiger partial charge in [-0.25, -0.2) is 0 Å². The first-order chi connectivity index (χ1) is 5.83. The van der Waals surface area contributed by atoms with E-state index in [0.717, 1.165) is 21.3 Å². The molecule has 2 aromatic heterocycles. The van der Waals surface area contributed by atoms with Crippen molar-refractivity contribution in [2.45, 2.75) is 6.92 Å². The summed E-state index contributed by atoms with van der Waals surface area (Å²) in [7, 11) is 0. The van der Waals surface area contributed by atoms with E-state index in [0.29, 0.717) is 0 Å². The second kappa shape index (κ2) is 2.58. The van der Waals surface area contributed by atoms with Crippen LogP contribution in [0.4, 0.5) is 0 Å². The molecule has 0 spiro atoms. The van der Waals surface area contributed by atoms with E-state index in [2.05, 4.69) is 11.1 Å². The summed E-state index contributed by atoms with van der Waals surface area (Å²) in [4.78, 5) is 4.21. The topological polar surface area (TPSA) is 36.7 Å². The molecule has 2 aromatic rings. The zero-order chi connectivity index (χ0) is 8.55. The predicted octanol–water partition coefficient (Wildman–Crippen LogP) is 2.48. The monoisotopic (exact) mass is 174 g/mol. The van der Waals surface area contributed by atoms with Gasteiger partial charge in [-0.05, 0) is 23.9 Å².